The molecule has 0 unspecified atom stereocenters. The first-order valence-corrected chi connectivity index (χ1v) is 6.98. The topological polar surface area (TPSA) is 47.6 Å². The molecule has 0 bridgehead atoms. The van der Waals surface area contributed by atoms with Crippen molar-refractivity contribution in [2.24, 2.45) is 0 Å². The van der Waals surface area contributed by atoms with Crippen LogP contribution in [0.15, 0.2) is 24.3 Å². The predicted molar refractivity (Wildman–Crippen MR) is 81.1 cm³/mol. The van der Waals surface area contributed by atoms with Gasteiger partial charge in [0.2, 0.25) is 5.91 Å². The molecule has 0 fully saturated rings. The number of hydrogen-bond donors (Lipinski definition) is 1. The molecule has 1 amide bonds. The van der Waals surface area contributed by atoms with E-state index in [9.17, 15) is 4.79 Å². The number of rotatable bonds is 8. The molecule has 0 saturated carbocycles. The van der Waals surface area contributed by atoms with Gasteiger partial charge in [-0.2, -0.15) is 0 Å². The third kappa shape index (κ3) is 5.34. The van der Waals surface area contributed by atoms with Crippen LogP contribution in [0.4, 0.5) is 0 Å². The van der Waals surface area contributed by atoms with Crippen molar-refractivity contribution < 1.29 is 14.3 Å². The van der Waals surface area contributed by atoms with E-state index in [1.165, 1.54) is 6.08 Å². The monoisotopic (exact) mass is 277 g/mol. The van der Waals surface area contributed by atoms with Crippen LogP contribution in [0.5, 0.6) is 11.5 Å². The molecular formula is C16H23NO3. The van der Waals surface area contributed by atoms with Crippen molar-refractivity contribution in [2.75, 3.05) is 20.3 Å². The molecule has 0 spiro atoms. The fourth-order valence-electron chi connectivity index (χ4n) is 1.60. The van der Waals surface area contributed by atoms with Crippen LogP contribution >= 0.6 is 0 Å². The largest absolute Gasteiger partial charge is 0.493 e. The maximum absolute atomic E-state index is 11.5. The van der Waals surface area contributed by atoms with Crippen LogP contribution in [0.2, 0.25) is 0 Å². The molecule has 0 atom stereocenters. The summed E-state index contributed by atoms with van der Waals surface area (Å²) in [4.78, 5) is 11.5. The number of benzene rings is 1. The van der Waals surface area contributed by atoms with Crippen molar-refractivity contribution in [3.8, 4) is 11.5 Å². The highest BCUT2D eigenvalue weighted by molar-refractivity contribution is 5.91. The summed E-state index contributed by atoms with van der Waals surface area (Å²) in [5.41, 5.74) is 0.900. The third-order valence-corrected chi connectivity index (χ3v) is 2.63. The van der Waals surface area contributed by atoms with Crippen LogP contribution in [0.3, 0.4) is 0 Å². The first-order chi connectivity index (χ1) is 9.71. The highest BCUT2D eigenvalue weighted by atomic mass is 16.5. The van der Waals surface area contributed by atoms with Crippen LogP contribution in [-0.4, -0.2) is 26.2 Å². The standard InChI is InChI=1S/C16H23NO3/c1-4-10-17-16(18)9-7-13-6-8-14(20-11-5-2)15(12-13)19-3/h6-9,12H,4-5,10-11H2,1-3H3,(H,17,18). The van der Waals surface area contributed by atoms with Crippen molar-refractivity contribution in [3.05, 3.63) is 29.8 Å². The van der Waals surface area contributed by atoms with Gasteiger partial charge in [-0.3, -0.25) is 4.79 Å². The maximum Gasteiger partial charge on any atom is 0.243 e. The Labute approximate surface area is 120 Å². The lowest BCUT2D eigenvalue weighted by Gasteiger charge is -2.10. The van der Waals surface area contributed by atoms with Crippen LogP contribution in [-0.2, 0) is 4.79 Å². The van der Waals surface area contributed by atoms with E-state index in [2.05, 4.69) is 12.2 Å². The summed E-state index contributed by atoms with van der Waals surface area (Å²) < 4.78 is 10.9. The summed E-state index contributed by atoms with van der Waals surface area (Å²) in [6, 6.07) is 5.61. The fourth-order valence-corrected chi connectivity index (χ4v) is 1.60. The molecule has 1 N–H and O–H groups in total. The van der Waals surface area contributed by atoms with Crippen molar-refractivity contribution in [1.29, 1.82) is 0 Å². The van der Waals surface area contributed by atoms with E-state index in [1.807, 2.05) is 25.1 Å². The van der Waals surface area contributed by atoms with Crippen molar-refractivity contribution in [2.45, 2.75) is 26.7 Å². The summed E-state index contributed by atoms with van der Waals surface area (Å²) in [6.45, 7) is 5.42. The second kappa shape index (κ2) is 9.02. The average molecular weight is 277 g/mol. The minimum absolute atomic E-state index is 0.0860. The first-order valence-electron chi connectivity index (χ1n) is 6.98. The van der Waals surface area contributed by atoms with E-state index in [-0.39, 0.29) is 5.91 Å². The Hall–Kier alpha value is -1.97. The second-order valence-electron chi connectivity index (χ2n) is 4.38. The zero-order valence-electron chi connectivity index (χ0n) is 12.4. The summed E-state index contributed by atoms with van der Waals surface area (Å²) in [7, 11) is 1.61. The third-order valence-electron chi connectivity index (χ3n) is 2.63. The number of hydrogen-bond acceptors (Lipinski definition) is 3. The van der Waals surface area contributed by atoms with Gasteiger partial charge in [-0.15, -0.1) is 0 Å². The van der Waals surface area contributed by atoms with Crippen molar-refractivity contribution in [1.82, 2.24) is 5.32 Å². The molecule has 0 radical (unpaired) electrons. The van der Waals surface area contributed by atoms with E-state index < -0.39 is 0 Å². The highest BCUT2D eigenvalue weighted by Crippen LogP contribution is 2.28. The van der Waals surface area contributed by atoms with Crippen LogP contribution < -0.4 is 14.8 Å². The normalized spacial score (nSPS) is 10.6. The molecule has 1 aromatic rings. The van der Waals surface area contributed by atoms with Gasteiger partial charge < -0.3 is 14.8 Å². The number of carbonyl (C=O) groups is 1. The lowest BCUT2D eigenvalue weighted by Crippen LogP contribution is -2.21. The Kier molecular flexibility index (Phi) is 7.25. The Morgan fingerprint density at radius 1 is 1.25 bits per heavy atom. The van der Waals surface area contributed by atoms with Gasteiger partial charge in [0.25, 0.3) is 0 Å². The molecule has 20 heavy (non-hydrogen) atoms. The van der Waals surface area contributed by atoms with Gasteiger partial charge in [0.15, 0.2) is 11.5 Å². The minimum atomic E-state index is -0.0860. The second-order valence-corrected chi connectivity index (χ2v) is 4.38. The molecule has 0 saturated heterocycles. The molecule has 1 rings (SSSR count). The van der Waals surface area contributed by atoms with E-state index >= 15 is 0 Å². The predicted octanol–water partition coefficient (Wildman–Crippen LogP) is 3.02. The number of nitrogens with one attached hydrogen (secondary N) is 1. The molecule has 0 aliphatic carbocycles. The first kappa shape index (κ1) is 16.1. The summed E-state index contributed by atoms with van der Waals surface area (Å²) in [6.07, 6.45) is 5.16. The number of methoxy groups -OCH3 is 1. The smallest absolute Gasteiger partial charge is 0.243 e. The lowest BCUT2D eigenvalue weighted by atomic mass is 10.2. The molecule has 0 heterocycles. The van der Waals surface area contributed by atoms with Gasteiger partial charge in [-0.1, -0.05) is 19.9 Å². The quantitative estimate of drug-likeness (QED) is 0.743. The van der Waals surface area contributed by atoms with Gasteiger partial charge in [-0.05, 0) is 36.6 Å². The summed E-state index contributed by atoms with van der Waals surface area (Å²) >= 11 is 0. The van der Waals surface area contributed by atoms with E-state index in [0.29, 0.717) is 18.9 Å². The molecular weight excluding hydrogens is 254 g/mol. The molecule has 4 nitrogen and oxygen atoms in total. The summed E-state index contributed by atoms with van der Waals surface area (Å²) in [5.74, 6) is 1.31. The lowest BCUT2D eigenvalue weighted by molar-refractivity contribution is -0.116. The van der Waals surface area contributed by atoms with Crippen LogP contribution in [0, 0.1) is 0 Å². The molecule has 110 valence electrons. The van der Waals surface area contributed by atoms with Gasteiger partial charge in [0.05, 0.1) is 13.7 Å². The molecule has 0 aliphatic heterocycles. The van der Waals surface area contributed by atoms with Crippen LogP contribution in [0.1, 0.15) is 32.3 Å². The maximum atomic E-state index is 11.5. The van der Waals surface area contributed by atoms with Gasteiger partial charge >= 0.3 is 0 Å². The Morgan fingerprint density at radius 2 is 2.05 bits per heavy atom. The average Bonchev–Trinajstić information content (AvgIpc) is 2.49. The minimum Gasteiger partial charge on any atom is -0.493 e. The van der Waals surface area contributed by atoms with Gasteiger partial charge in [0.1, 0.15) is 0 Å². The molecule has 0 aromatic heterocycles. The molecule has 4 heteroatoms. The summed E-state index contributed by atoms with van der Waals surface area (Å²) in [5, 5.41) is 2.79. The SMILES string of the molecule is CCCNC(=O)C=Cc1ccc(OCCC)c(OC)c1. The Balaban J connectivity index is 2.72. The van der Waals surface area contributed by atoms with Gasteiger partial charge in [-0.25, -0.2) is 0 Å². The molecule has 1 aromatic carbocycles. The number of amides is 1. The van der Waals surface area contributed by atoms with Crippen molar-refractivity contribution >= 4 is 12.0 Å². The zero-order valence-corrected chi connectivity index (χ0v) is 12.4. The van der Waals surface area contributed by atoms with Crippen molar-refractivity contribution in [3.63, 3.8) is 0 Å². The van der Waals surface area contributed by atoms with Gasteiger partial charge in [0, 0.05) is 12.6 Å². The zero-order chi connectivity index (χ0) is 14.8. The van der Waals surface area contributed by atoms with E-state index in [0.717, 1.165) is 24.2 Å². The Bertz CT molecular complexity index is 455. The number of ether oxygens (including phenoxy) is 2. The van der Waals surface area contributed by atoms with E-state index in [1.54, 1.807) is 13.2 Å². The molecule has 0 aliphatic rings. The van der Waals surface area contributed by atoms with Crippen LogP contribution in [0.25, 0.3) is 6.08 Å². The number of carbonyl (C=O) groups excluding carboxylic acids is 1. The van der Waals surface area contributed by atoms with E-state index in [4.69, 9.17) is 9.47 Å². The highest BCUT2D eigenvalue weighted by Gasteiger charge is 2.04. The Morgan fingerprint density at radius 3 is 2.70 bits per heavy atom. The fraction of sp³-hybridized carbons (Fsp3) is 0.438.